The molecule has 4 N–H and O–H groups in total. The van der Waals surface area contributed by atoms with E-state index in [1.165, 1.54) is 26.0 Å². The van der Waals surface area contributed by atoms with Gasteiger partial charge in [0.05, 0.1) is 35.6 Å². The van der Waals surface area contributed by atoms with Crippen LogP contribution < -0.4 is 5.32 Å². The summed E-state index contributed by atoms with van der Waals surface area (Å²) in [5.74, 6) is -6.84. The highest BCUT2D eigenvalue weighted by Gasteiger charge is 2.78. The van der Waals surface area contributed by atoms with Crippen molar-refractivity contribution in [2.75, 3.05) is 6.61 Å². The molecule has 328 valence electrons. The van der Waals surface area contributed by atoms with Gasteiger partial charge in [-0.25, -0.2) is 9.59 Å². The van der Waals surface area contributed by atoms with Gasteiger partial charge >= 0.3 is 23.9 Å². The van der Waals surface area contributed by atoms with Crippen LogP contribution in [0.2, 0.25) is 0 Å². The van der Waals surface area contributed by atoms with E-state index in [-0.39, 0.29) is 35.3 Å². The van der Waals surface area contributed by atoms with Crippen molar-refractivity contribution in [1.82, 2.24) is 5.32 Å². The van der Waals surface area contributed by atoms with Gasteiger partial charge in [0.25, 0.3) is 5.91 Å². The Hall–Kier alpha value is -5.74. The number of carbonyl (C=O) groups is 6. The van der Waals surface area contributed by atoms with E-state index >= 15 is 4.79 Å². The molecule has 3 aromatic carbocycles. The molecule has 1 aliphatic heterocycles. The Morgan fingerprint density at radius 2 is 1.39 bits per heavy atom. The van der Waals surface area contributed by atoms with Crippen LogP contribution in [-0.2, 0) is 42.9 Å². The summed E-state index contributed by atoms with van der Waals surface area (Å²) in [6.45, 7) is 7.90. The lowest BCUT2D eigenvalue weighted by molar-refractivity contribution is -0.343. The van der Waals surface area contributed by atoms with E-state index in [0.717, 1.165) is 13.8 Å². The Labute approximate surface area is 358 Å². The van der Waals surface area contributed by atoms with Crippen LogP contribution in [0.5, 0.6) is 0 Å². The molecular formula is C47H51NO14. The molecule has 3 fully saturated rings. The van der Waals surface area contributed by atoms with Gasteiger partial charge in [-0.05, 0) is 54.8 Å². The summed E-state index contributed by atoms with van der Waals surface area (Å²) in [4.78, 5) is 83.4. The molecule has 1 amide bonds. The number of rotatable bonds is 10. The number of fused-ring (bicyclic) bond motifs is 5. The SMILES string of the molecule is CC(=O)OC1C2[C@](C)(C(=O)[C@H](OC(C)=O)C3=C(C)[C@@H](OC(=O)[C@H](O)[C@@H](NC(=O)c4ccccc4)c4ccccc4)C[C@]1(O)C3(C)C)[C@@H](O)C[C@H]1OC[C@@]21OC(=O)c1ccccc1. The Bertz CT molecular complexity index is 2280. The largest absolute Gasteiger partial charge is 0.459 e. The number of aliphatic hydroxyl groups is 3. The van der Waals surface area contributed by atoms with Gasteiger partial charge in [-0.2, -0.15) is 0 Å². The Morgan fingerprint density at radius 3 is 1.94 bits per heavy atom. The predicted molar refractivity (Wildman–Crippen MR) is 218 cm³/mol. The maximum atomic E-state index is 15.5. The highest BCUT2D eigenvalue weighted by Crippen LogP contribution is 2.64. The quantitative estimate of drug-likeness (QED) is 0.130. The van der Waals surface area contributed by atoms with Crippen molar-refractivity contribution in [3.05, 3.63) is 119 Å². The monoisotopic (exact) mass is 853 g/mol. The lowest BCUT2D eigenvalue weighted by Crippen LogP contribution is -2.82. The first-order chi connectivity index (χ1) is 29.3. The van der Waals surface area contributed by atoms with Crippen molar-refractivity contribution < 1.29 is 67.8 Å². The molecule has 2 bridgehead atoms. The lowest BCUT2D eigenvalue weighted by Gasteiger charge is -2.67. The zero-order chi connectivity index (χ0) is 44.9. The second-order valence-electron chi connectivity index (χ2n) is 17.4. The van der Waals surface area contributed by atoms with Crippen LogP contribution in [0.15, 0.2) is 102 Å². The fourth-order valence-electron chi connectivity index (χ4n) is 10.1. The first-order valence-electron chi connectivity index (χ1n) is 20.5. The number of Topliss-reactive ketones (excluding diaryl/α,β-unsaturated/α-hetero) is 1. The van der Waals surface area contributed by atoms with E-state index in [1.807, 2.05) is 0 Å². The molecule has 1 heterocycles. The number of hydrogen-bond acceptors (Lipinski definition) is 14. The van der Waals surface area contributed by atoms with E-state index in [4.69, 9.17) is 23.7 Å². The topological polar surface area (TPSA) is 221 Å². The summed E-state index contributed by atoms with van der Waals surface area (Å²) in [5.41, 5.74) is -6.92. The molecule has 7 rings (SSSR count). The number of hydrogen-bond donors (Lipinski definition) is 4. The molecule has 2 saturated carbocycles. The minimum Gasteiger partial charge on any atom is -0.459 e. The third kappa shape index (κ3) is 7.29. The van der Waals surface area contributed by atoms with Crippen LogP contribution >= 0.6 is 0 Å². The molecule has 3 aliphatic carbocycles. The van der Waals surface area contributed by atoms with Crippen molar-refractivity contribution in [3.63, 3.8) is 0 Å². The Morgan fingerprint density at radius 1 is 0.823 bits per heavy atom. The number of ether oxygens (including phenoxy) is 5. The summed E-state index contributed by atoms with van der Waals surface area (Å²) in [5, 5.41) is 40.1. The van der Waals surface area contributed by atoms with Gasteiger partial charge in [0, 0.05) is 37.7 Å². The number of amides is 1. The zero-order valence-electron chi connectivity index (χ0n) is 35.2. The van der Waals surface area contributed by atoms with Crippen LogP contribution in [0, 0.1) is 16.7 Å². The van der Waals surface area contributed by atoms with E-state index in [2.05, 4.69) is 5.32 Å². The van der Waals surface area contributed by atoms with Gasteiger partial charge in [0.2, 0.25) is 0 Å². The highest BCUT2D eigenvalue weighted by atomic mass is 16.6. The molecule has 0 aromatic heterocycles. The van der Waals surface area contributed by atoms with Gasteiger partial charge in [0.15, 0.2) is 23.6 Å². The van der Waals surface area contributed by atoms with Crippen molar-refractivity contribution in [3.8, 4) is 0 Å². The molecule has 3 aromatic rings. The smallest absolute Gasteiger partial charge is 0.338 e. The maximum Gasteiger partial charge on any atom is 0.338 e. The number of esters is 4. The molecule has 0 spiro atoms. The first-order valence-corrected chi connectivity index (χ1v) is 20.5. The second-order valence-corrected chi connectivity index (χ2v) is 17.4. The van der Waals surface area contributed by atoms with Gasteiger partial charge in [-0.3, -0.25) is 19.2 Å². The number of aliphatic hydroxyl groups excluding tert-OH is 2. The lowest BCUT2D eigenvalue weighted by atomic mass is 9.44. The zero-order valence-corrected chi connectivity index (χ0v) is 35.2. The standard InChI is InChI=1S/C47H51NO14/c1-25-31(61-43(56)36(52)35(28-16-10-7-11-17-28)48-41(54)29-18-12-8-13-19-29)23-47(57)40(60-27(3)50)38-45(6,39(53)37(59-26(2)49)34(25)44(47,4)5)32(51)22-33-46(38,24-58-33)62-42(55)30-20-14-9-15-21-30/h7-21,31-33,35-38,40,51-52,57H,22-24H2,1-6H3,(H,48,54)/t31-,32-,33+,35-,36+,37+,38?,40?,45+,46-,47+/m0/s1. The number of ketones is 1. The predicted octanol–water partition coefficient (Wildman–Crippen LogP) is 3.74. The van der Waals surface area contributed by atoms with E-state index < -0.39 is 113 Å². The van der Waals surface area contributed by atoms with Crippen LogP contribution in [0.4, 0.5) is 0 Å². The third-order valence-electron chi connectivity index (χ3n) is 13.5. The summed E-state index contributed by atoms with van der Waals surface area (Å²) in [6, 6.07) is 23.1. The molecule has 1 saturated heterocycles. The van der Waals surface area contributed by atoms with Crippen molar-refractivity contribution >= 4 is 35.6 Å². The maximum absolute atomic E-state index is 15.5. The minimum absolute atomic E-state index is 0.00192. The first kappa shape index (κ1) is 44.3. The molecule has 62 heavy (non-hydrogen) atoms. The van der Waals surface area contributed by atoms with Crippen molar-refractivity contribution in [2.45, 2.75) is 108 Å². The Balaban J connectivity index is 1.36. The summed E-state index contributed by atoms with van der Waals surface area (Å²) in [7, 11) is 0. The molecule has 4 aliphatic rings. The minimum atomic E-state index is -2.36. The van der Waals surface area contributed by atoms with Crippen LogP contribution in [-0.4, -0.2) is 105 Å². The van der Waals surface area contributed by atoms with E-state index in [9.17, 15) is 39.3 Å². The molecule has 15 nitrogen and oxygen atoms in total. The van der Waals surface area contributed by atoms with E-state index in [1.54, 1.807) is 92.7 Å². The second kappa shape index (κ2) is 16.5. The van der Waals surface area contributed by atoms with Crippen LogP contribution in [0.1, 0.15) is 86.7 Å². The average Bonchev–Trinajstić information content (AvgIpc) is 3.24. The van der Waals surface area contributed by atoms with Crippen molar-refractivity contribution in [1.29, 1.82) is 0 Å². The van der Waals surface area contributed by atoms with Crippen molar-refractivity contribution in [2.24, 2.45) is 16.7 Å². The van der Waals surface area contributed by atoms with Gasteiger partial charge in [-0.15, -0.1) is 0 Å². The summed E-state index contributed by atoms with van der Waals surface area (Å²) < 4.78 is 30.3. The van der Waals surface area contributed by atoms with Gasteiger partial charge in [-0.1, -0.05) is 80.6 Å². The molecule has 15 heteroatoms. The normalized spacial score (nSPS) is 31.9. The summed E-state index contributed by atoms with van der Waals surface area (Å²) in [6.07, 6.45) is -10.5. The fraction of sp³-hybridized carbons (Fsp3) is 0.447. The van der Waals surface area contributed by atoms with Crippen LogP contribution in [0.25, 0.3) is 0 Å². The van der Waals surface area contributed by atoms with Crippen LogP contribution in [0.3, 0.4) is 0 Å². The molecule has 0 radical (unpaired) electrons. The number of benzene rings is 3. The van der Waals surface area contributed by atoms with Gasteiger partial charge < -0.3 is 44.3 Å². The van der Waals surface area contributed by atoms with E-state index in [0.29, 0.717) is 5.56 Å². The average molecular weight is 854 g/mol. The Kier molecular flexibility index (Phi) is 11.8. The molecular weight excluding hydrogens is 803 g/mol. The molecule has 11 atom stereocenters. The molecule has 2 unspecified atom stereocenters. The fourth-order valence-corrected chi connectivity index (χ4v) is 10.1. The van der Waals surface area contributed by atoms with Gasteiger partial charge in [0.1, 0.15) is 23.9 Å². The number of nitrogens with one attached hydrogen (secondary N) is 1. The highest BCUT2D eigenvalue weighted by molar-refractivity contribution is 5.96. The number of carbonyl (C=O) groups excluding carboxylic acids is 6. The summed E-state index contributed by atoms with van der Waals surface area (Å²) >= 11 is 0. The third-order valence-corrected chi connectivity index (χ3v) is 13.5.